The van der Waals surface area contributed by atoms with E-state index in [2.05, 4.69) is 0 Å². The maximum absolute atomic E-state index is 11.4. The van der Waals surface area contributed by atoms with Crippen molar-refractivity contribution in [1.29, 1.82) is 0 Å². The van der Waals surface area contributed by atoms with Gasteiger partial charge < -0.3 is 0 Å². The molecule has 0 aromatic heterocycles. The molecule has 0 unspecified atom stereocenters. The van der Waals surface area contributed by atoms with E-state index in [1.165, 1.54) is 0 Å². The van der Waals surface area contributed by atoms with Gasteiger partial charge in [0.15, 0.2) is 6.67 Å². The molecule has 15 heavy (non-hydrogen) atoms. The Morgan fingerprint density at radius 3 is 1.40 bits per heavy atom. The second-order valence-electron chi connectivity index (χ2n) is 2.82. The van der Waals surface area contributed by atoms with Crippen molar-refractivity contribution in [3.8, 4) is 0 Å². The van der Waals surface area contributed by atoms with Crippen molar-refractivity contribution < 1.29 is 30.7 Å². The summed E-state index contributed by atoms with van der Waals surface area (Å²) in [7, 11) is 1.02. The lowest BCUT2D eigenvalue weighted by atomic mass is 10.2. The topological polar surface area (TPSA) is 0 Å². The molecule has 0 fully saturated rings. The fourth-order valence-corrected chi connectivity index (χ4v) is 1.08. The molecule has 0 atom stereocenters. The van der Waals surface area contributed by atoms with Gasteiger partial charge in [0.05, 0.1) is 0 Å². The van der Waals surface area contributed by atoms with Crippen LogP contribution in [0.5, 0.6) is 0 Å². The molecular weight excluding hydrogens is 245 g/mol. The lowest BCUT2D eigenvalue weighted by molar-refractivity contribution is -0.142. The molecule has 0 aliphatic carbocycles. The summed E-state index contributed by atoms with van der Waals surface area (Å²) in [5.41, 5.74) is 0. The molecule has 0 heterocycles. The summed E-state index contributed by atoms with van der Waals surface area (Å²) in [6, 6.07) is 0.982. The smallest absolute Gasteiger partial charge is 0.241 e. The van der Waals surface area contributed by atoms with Gasteiger partial charge in [0.25, 0.3) is 0 Å². The van der Waals surface area contributed by atoms with E-state index in [-0.39, 0.29) is 0 Å². The van der Waals surface area contributed by atoms with Crippen LogP contribution in [0.15, 0.2) is 0 Å². The van der Waals surface area contributed by atoms with Crippen molar-refractivity contribution in [2.75, 3.05) is 6.67 Å². The van der Waals surface area contributed by atoms with Gasteiger partial charge in [-0.3, -0.25) is 0 Å². The first-order valence-corrected chi connectivity index (χ1v) is 5.73. The summed E-state index contributed by atoms with van der Waals surface area (Å²) in [5, 5.41) is 0. The third kappa shape index (κ3) is 24.8. The lowest BCUT2D eigenvalue weighted by Gasteiger charge is -2.03. The van der Waals surface area contributed by atoms with Crippen LogP contribution in [-0.4, -0.2) is 29.3 Å². The van der Waals surface area contributed by atoms with E-state index in [1.54, 1.807) is 0 Å². The Labute approximate surface area is 86.3 Å². The van der Waals surface area contributed by atoms with Crippen LogP contribution in [0, 0.1) is 0 Å². The van der Waals surface area contributed by atoms with E-state index >= 15 is 0 Å². The quantitative estimate of drug-likeness (QED) is 0.415. The van der Waals surface area contributed by atoms with Crippen LogP contribution >= 0.6 is 0 Å². The molecule has 0 saturated heterocycles. The molecule has 0 amide bonds. The first-order valence-electron chi connectivity index (χ1n) is 4.32. The molecule has 94 valence electrons. The number of rotatable bonds is 3. The summed E-state index contributed by atoms with van der Waals surface area (Å²) in [4.78, 5) is 0. The number of alkyl halides is 7. The molecule has 0 spiro atoms. The van der Waals surface area contributed by atoms with Gasteiger partial charge in [-0.2, -0.15) is 26.3 Å². The van der Waals surface area contributed by atoms with Gasteiger partial charge in [0.1, 0.15) is 0 Å². The second kappa shape index (κ2) is 7.95. The predicted octanol–water partition coefficient (Wildman–Crippen LogP) is 3.02. The normalized spacial score (nSPS) is 12.2. The summed E-state index contributed by atoms with van der Waals surface area (Å²) in [6.07, 6.45) is -8.11. The Hall–Kier alpha value is -0.273. The molecule has 0 N–H and O–H groups in total. The third-order valence-electron chi connectivity index (χ3n) is 1.22. The summed E-state index contributed by atoms with van der Waals surface area (Å²) in [6.45, 7) is -2.23. The van der Waals surface area contributed by atoms with Gasteiger partial charge in [0.2, 0.25) is 0 Å². The van der Waals surface area contributed by atoms with Crippen molar-refractivity contribution in [2.45, 2.75) is 37.7 Å². The van der Waals surface area contributed by atoms with Crippen molar-refractivity contribution in [3.05, 3.63) is 0 Å². The molecule has 8 heteroatoms. The largest absolute Gasteiger partial charge is 0.416 e. The van der Waals surface area contributed by atoms with E-state index in [0.29, 0.717) is 6.42 Å². The number of hydrogen-bond acceptors (Lipinski definition) is 0. The fourth-order valence-electron chi connectivity index (χ4n) is 0.575. The van der Waals surface area contributed by atoms with Gasteiger partial charge in [-0.1, -0.05) is 12.5 Å². The van der Waals surface area contributed by atoms with E-state index in [1.807, 2.05) is 0 Å². The Morgan fingerprint density at radius 1 is 0.800 bits per heavy atom. The van der Waals surface area contributed by atoms with E-state index in [9.17, 15) is 30.7 Å². The van der Waals surface area contributed by atoms with Crippen LogP contribution in [-0.2, 0) is 0 Å². The highest BCUT2D eigenvalue weighted by Gasteiger charge is 2.26. The average Bonchev–Trinajstić information content (AvgIpc) is 2.02. The van der Waals surface area contributed by atoms with Crippen LogP contribution in [0.1, 0.15) is 19.3 Å². The summed E-state index contributed by atoms with van der Waals surface area (Å²) in [5.74, 6) is 0. The highest BCUT2D eigenvalue weighted by molar-refractivity contribution is 6.08. The summed E-state index contributed by atoms with van der Waals surface area (Å²) < 4.78 is 75.8. The molecule has 0 aliphatic rings. The minimum Gasteiger partial charge on any atom is -0.241 e. The zero-order valence-corrected chi connectivity index (χ0v) is 10.2. The molecule has 0 radical (unpaired) electrons. The lowest BCUT2D eigenvalue weighted by Crippen LogP contribution is -2.08. The van der Waals surface area contributed by atoms with Crippen LogP contribution in [0.3, 0.4) is 0 Å². The monoisotopic (exact) mass is 258 g/mol. The van der Waals surface area contributed by atoms with Crippen LogP contribution < -0.4 is 0 Å². The van der Waals surface area contributed by atoms with Crippen LogP contribution in [0.2, 0.25) is 6.04 Å². The van der Waals surface area contributed by atoms with Crippen LogP contribution in [0.4, 0.5) is 30.7 Å². The number of unbranched alkanes of at least 4 members (excludes halogenated alkanes) is 1. The summed E-state index contributed by atoms with van der Waals surface area (Å²) >= 11 is 0. The first kappa shape index (κ1) is 17.1. The molecule has 0 aromatic rings. The van der Waals surface area contributed by atoms with Crippen molar-refractivity contribution in [2.24, 2.45) is 0 Å². The SMILES string of the molecule is FC(F)(F)CCCC[SiH3].FCC(F)(F)F. The Bertz CT molecular complexity index is 139. The number of hydrogen-bond donors (Lipinski definition) is 0. The molecule has 0 saturated carbocycles. The van der Waals surface area contributed by atoms with Crippen molar-refractivity contribution in [1.82, 2.24) is 0 Å². The Kier molecular flexibility index (Phi) is 9.08. The molecular formula is C7H13F7Si. The zero-order valence-electron chi connectivity index (χ0n) is 8.18. The van der Waals surface area contributed by atoms with Crippen molar-refractivity contribution >= 4 is 10.2 Å². The number of halogens is 7. The Morgan fingerprint density at radius 2 is 1.20 bits per heavy atom. The zero-order chi connectivity index (χ0) is 12.5. The van der Waals surface area contributed by atoms with Gasteiger partial charge in [-0.25, -0.2) is 4.39 Å². The van der Waals surface area contributed by atoms with Gasteiger partial charge in [-0.05, 0) is 6.42 Å². The third-order valence-corrected chi connectivity index (χ3v) is 1.92. The van der Waals surface area contributed by atoms with Gasteiger partial charge >= 0.3 is 12.4 Å². The minimum absolute atomic E-state index is 0.312. The maximum Gasteiger partial charge on any atom is 0.416 e. The predicted molar refractivity (Wildman–Crippen MR) is 46.7 cm³/mol. The Balaban J connectivity index is 0. The van der Waals surface area contributed by atoms with Gasteiger partial charge in [0, 0.05) is 16.7 Å². The van der Waals surface area contributed by atoms with Crippen LogP contribution in [0.25, 0.3) is 0 Å². The van der Waals surface area contributed by atoms with E-state index in [4.69, 9.17) is 0 Å². The minimum atomic E-state index is -4.62. The first-order chi connectivity index (χ1) is 6.62. The fraction of sp³-hybridized carbons (Fsp3) is 1.00. The highest BCUT2D eigenvalue weighted by Crippen LogP contribution is 2.22. The molecule has 0 rings (SSSR count). The van der Waals surface area contributed by atoms with Crippen molar-refractivity contribution in [3.63, 3.8) is 0 Å². The molecule has 0 aromatic carbocycles. The average molecular weight is 258 g/mol. The molecule has 0 bridgehead atoms. The maximum atomic E-state index is 11.4. The van der Waals surface area contributed by atoms with E-state index in [0.717, 1.165) is 22.7 Å². The molecule has 0 aliphatic heterocycles. The molecule has 0 nitrogen and oxygen atoms in total. The standard InChI is InChI=1S/C5H11F3Si.C2H2F4/c6-5(7,8)3-1-2-4-9;3-1-2(4,5)6/h1-4H2,9H3;1H2. The van der Waals surface area contributed by atoms with Gasteiger partial charge in [-0.15, -0.1) is 0 Å². The second-order valence-corrected chi connectivity index (χ2v) is 3.82. The van der Waals surface area contributed by atoms with E-state index < -0.39 is 25.4 Å². The highest BCUT2D eigenvalue weighted by atomic mass is 28.1.